The van der Waals surface area contributed by atoms with E-state index in [4.69, 9.17) is 4.74 Å². The van der Waals surface area contributed by atoms with Gasteiger partial charge in [0, 0.05) is 30.1 Å². The molecule has 2 aromatic rings. The number of urea groups is 1. The second kappa shape index (κ2) is 7.49. The largest absolute Gasteiger partial charge is 0.376 e. The molecule has 0 unspecified atom stereocenters. The Labute approximate surface area is 152 Å². The molecule has 2 N–H and O–H groups in total. The van der Waals surface area contributed by atoms with Gasteiger partial charge in [-0.25, -0.2) is 4.79 Å². The summed E-state index contributed by atoms with van der Waals surface area (Å²) in [6.45, 7) is 5.62. The summed E-state index contributed by atoms with van der Waals surface area (Å²) in [6.07, 6.45) is 4.31. The van der Waals surface area contributed by atoms with Crippen LogP contribution in [0.15, 0.2) is 36.5 Å². The minimum absolute atomic E-state index is 0.0162. The van der Waals surface area contributed by atoms with E-state index in [2.05, 4.69) is 58.3 Å². The van der Waals surface area contributed by atoms with Crippen LogP contribution in [0.2, 0.25) is 0 Å². The maximum atomic E-state index is 12.0. The molecule has 7 heteroatoms. The lowest BCUT2D eigenvalue weighted by Gasteiger charge is -2.45. The Hall–Kier alpha value is -1.99. The molecule has 1 fully saturated rings. The smallest absolute Gasteiger partial charge is 0.319 e. The van der Waals surface area contributed by atoms with Crippen molar-refractivity contribution in [3.05, 3.63) is 42.1 Å². The first-order valence-electron chi connectivity index (χ1n) is 8.51. The molecule has 134 valence electrons. The molecule has 1 aromatic carbocycles. The molecule has 2 amide bonds. The van der Waals surface area contributed by atoms with E-state index in [1.807, 2.05) is 6.07 Å². The Bertz CT molecular complexity index is 690. The van der Waals surface area contributed by atoms with Crippen LogP contribution >= 0.6 is 11.5 Å². The van der Waals surface area contributed by atoms with E-state index >= 15 is 0 Å². The lowest BCUT2D eigenvalue weighted by atomic mass is 9.67. The number of carbonyl (C=O) groups excluding carboxylic acids is 1. The second-order valence-electron chi connectivity index (χ2n) is 7.09. The number of carbonyl (C=O) groups is 1. The Kier molecular flexibility index (Phi) is 5.34. The molecule has 6 nitrogen and oxygen atoms in total. The molecule has 25 heavy (non-hydrogen) atoms. The van der Waals surface area contributed by atoms with Crippen LogP contribution in [-0.4, -0.2) is 34.4 Å². The third-order valence-electron chi connectivity index (χ3n) is 4.71. The maximum Gasteiger partial charge on any atom is 0.319 e. The number of aromatic nitrogens is 2. The zero-order valence-electron chi connectivity index (χ0n) is 14.6. The van der Waals surface area contributed by atoms with Gasteiger partial charge in [-0.3, -0.25) is 5.32 Å². The SMILES string of the molecule is CC1(C)C[C@@](CCNC(=O)Nc2cnns2)(c2ccccc2)CCO1. The average molecular weight is 360 g/mol. The predicted octanol–water partition coefficient (Wildman–Crippen LogP) is 3.58. The van der Waals surface area contributed by atoms with Gasteiger partial charge >= 0.3 is 6.03 Å². The molecule has 3 rings (SSSR count). The summed E-state index contributed by atoms with van der Waals surface area (Å²) in [7, 11) is 0. The van der Waals surface area contributed by atoms with Crippen molar-refractivity contribution in [3.8, 4) is 0 Å². The van der Waals surface area contributed by atoms with Crippen LogP contribution < -0.4 is 10.6 Å². The van der Waals surface area contributed by atoms with E-state index in [0.717, 1.165) is 37.4 Å². The van der Waals surface area contributed by atoms with Gasteiger partial charge in [0.25, 0.3) is 0 Å². The zero-order chi connectivity index (χ0) is 17.8. The van der Waals surface area contributed by atoms with Crippen LogP contribution in [0.1, 0.15) is 38.7 Å². The van der Waals surface area contributed by atoms with Crippen LogP contribution in [0.25, 0.3) is 0 Å². The van der Waals surface area contributed by atoms with Gasteiger partial charge in [-0.15, -0.1) is 5.10 Å². The van der Waals surface area contributed by atoms with Gasteiger partial charge < -0.3 is 10.1 Å². The number of amides is 2. The summed E-state index contributed by atoms with van der Waals surface area (Å²) < 4.78 is 9.66. The van der Waals surface area contributed by atoms with Crippen molar-refractivity contribution in [1.82, 2.24) is 14.9 Å². The third-order valence-corrected chi connectivity index (χ3v) is 5.29. The van der Waals surface area contributed by atoms with Crippen molar-refractivity contribution in [1.29, 1.82) is 0 Å². The maximum absolute atomic E-state index is 12.0. The number of anilines is 1. The van der Waals surface area contributed by atoms with Crippen molar-refractivity contribution in [2.75, 3.05) is 18.5 Å². The molecule has 1 saturated heterocycles. The number of hydrogen-bond acceptors (Lipinski definition) is 5. The van der Waals surface area contributed by atoms with Crippen LogP contribution in [0.4, 0.5) is 9.80 Å². The molecule has 1 aliphatic rings. The Morgan fingerprint density at radius 3 is 2.80 bits per heavy atom. The molecule has 0 aliphatic carbocycles. The standard InChI is InChI=1S/C18H24N4O2S/c1-17(2)13-18(9-11-24-17,14-6-4-3-5-7-14)8-10-19-16(23)21-15-12-20-22-25-15/h3-7,12H,8-11,13H2,1-2H3,(H2,19,21,23)/t18-/m0/s1. The fraction of sp³-hybridized carbons (Fsp3) is 0.500. The molecule has 0 spiro atoms. The summed E-state index contributed by atoms with van der Waals surface area (Å²) in [6, 6.07) is 10.3. The van der Waals surface area contributed by atoms with Crippen LogP contribution in [0, 0.1) is 0 Å². The molecule has 1 atom stereocenters. The summed E-state index contributed by atoms with van der Waals surface area (Å²) in [4.78, 5) is 12.0. The summed E-state index contributed by atoms with van der Waals surface area (Å²) >= 11 is 1.16. The molecule has 2 heterocycles. The molecule has 1 aliphatic heterocycles. The highest BCUT2D eigenvalue weighted by Crippen LogP contribution is 2.43. The van der Waals surface area contributed by atoms with Gasteiger partial charge in [-0.1, -0.05) is 34.8 Å². The van der Waals surface area contributed by atoms with Gasteiger partial charge in [0.05, 0.1) is 11.8 Å². The number of ether oxygens (including phenoxy) is 1. The highest BCUT2D eigenvalue weighted by molar-refractivity contribution is 7.10. The zero-order valence-corrected chi connectivity index (χ0v) is 15.4. The summed E-state index contributed by atoms with van der Waals surface area (Å²) in [5, 5.41) is 10.0. The third kappa shape index (κ3) is 4.55. The first-order valence-corrected chi connectivity index (χ1v) is 9.28. The van der Waals surface area contributed by atoms with E-state index in [0.29, 0.717) is 11.5 Å². The van der Waals surface area contributed by atoms with Gasteiger partial charge in [0.15, 0.2) is 0 Å². The molecule has 1 aromatic heterocycles. The highest BCUT2D eigenvalue weighted by atomic mass is 32.1. The molecule has 0 saturated carbocycles. The van der Waals surface area contributed by atoms with E-state index < -0.39 is 0 Å². The first-order chi connectivity index (χ1) is 12.0. The molecule has 0 bridgehead atoms. The minimum Gasteiger partial charge on any atom is -0.376 e. The lowest BCUT2D eigenvalue weighted by Crippen LogP contribution is -2.46. The van der Waals surface area contributed by atoms with Crippen molar-refractivity contribution >= 4 is 22.6 Å². The van der Waals surface area contributed by atoms with Crippen molar-refractivity contribution in [2.45, 2.75) is 44.1 Å². The van der Waals surface area contributed by atoms with Gasteiger partial charge in [-0.05, 0) is 38.7 Å². The first kappa shape index (κ1) is 17.8. The minimum atomic E-state index is -0.222. The normalized spacial score (nSPS) is 22.3. The van der Waals surface area contributed by atoms with Gasteiger partial charge in [0.2, 0.25) is 0 Å². The fourth-order valence-corrected chi connectivity index (χ4v) is 4.08. The topological polar surface area (TPSA) is 76.1 Å². The highest BCUT2D eigenvalue weighted by Gasteiger charge is 2.41. The van der Waals surface area contributed by atoms with E-state index in [-0.39, 0.29) is 17.0 Å². The number of benzene rings is 1. The Morgan fingerprint density at radius 1 is 1.32 bits per heavy atom. The second-order valence-corrected chi connectivity index (χ2v) is 7.88. The van der Waals surface area contributed by atoms with Gasteiger partial charge in [0.1, 0.15) is 5.00 Å². The summed E-state index contributed by atoms with van der Waals surface area (Å²) in [5.41, 5.74) is 1.17. The van der Waals surface area contributed by atoms with Crippen molar-refractivity contribution in [3.63, 3.8) is 0 Å². The predicted molar refractivity (Wildman–Crippen MR) is 98.9 cm³/mol. The Morgan fingerprint density at radius 2 is 2.12 bits per heavy atom. The number of nitrogens with one attached hydrogen (secondary N) is 2. The monoisotopic (exact) mass is 360 g/mol. The van der Waals surface area contributed by atoms with E-state index in [1.165, 1.54) is 11.8 Å². The average Bonchev–Trinajstić information content (AvgIpc) is 3.07. The molecular weight excluding hydrogens is 336 g/mol. The number of hydrogen-bond donors (Lipinski definition) is 2. The number of rotatable bonds is 5. The summed E-state index contributed by atoms with van der Waals surface area (Å²) in [5.74, 6) is 0. The number of nitrogens with zero attached hydrogens (tertiary/aromatic N) is 2. The van der Waals surface area contributed by atoms with Crippen molar-refractivity contribution in [2.24, 2.45) is 0 Å². The fourth-order valence-electron chi connectivity index (χ4n) is 3.67. The van der Waals surface area contributed by atoms with Gasteiger partial charge in [-0.2, -0.15) is 0 Å². The van der Waals surface area contributed by atoms with Crippen LogP contribution in [0.5, 0.6) is 0 Å². The quantitative estimate of drug-likeness (QED) is 0.854. The van der Waals surface area contributed by atoms with Crippen LogP contribution in [0.3, 0.4) is 0 Å². The van der Waals surface area contributed by atoms with E-state index in [1.54, 1.807) is 0 Å². The molecular formula is C18H24N4O2S. The van der Waals surface area contributed by atoms with Crippen LogP contribution in [-0.2, 0) is 10.2 Å². The Balaban J connectivity index is 1.65. The van der Waals surface area contributed by atoms with Crippen molar-refractivity contribution < 1.29 is 9.53 Å². The molecule has 0 radical (unpaired) electrons. The lowest BCUT2D eigenvalue weighted by molar-refractivity contribution is -0.0838. The van der Waals surface area contributed by atoms with E-state index in [9.17, 15) is 4.79 Å².